The first-order valence-corrected chi connectivity index (χ1v) is 8.74. The molecule has 0 spiro atoms. The van der Waals surface area contributed by atoms with Crippen molar-refractivity contribution in [3.8, 4) is 5.75 Å². The lowest BCUT2D eigenvalue weighted by Gasteiger charge is -2.51. The lowest BCUT2D eigenvalue weighted by atomic mass is 9.72. The molecule has 2 bridgehead atoms. The molecule has 0 aliphatic carbocycles. The van der Waals surface area contributed by atoms with Crippen LogP contribution in [0.15, 0.2) is 30.5 Å². The number of benzene rings is 1. The molecule has 122 valence electrons. The molecule has 1 aromatic heterocycles. The zero-order chi connectivity index (χ0) is 16.0. The molecule has 3 saturated heterocycles. The Hall–Kier alpha value is -1.65. The Balaban J connectivity index is 1.68. The van der Waals surface area contributed by atoms with Gasteiger partial charge in [0.2, 0.25) is 0 Å². The fraction of sp³-hybridized carbons (Fsp3) is 0.526. The summed E-state index contributed by atoms with van der Waals surface area (Å²) in [6.07, 6.45) is 5.62. The van der Waals surface area contributed by atoms with Gasteiger partial charge in [-0.1, -0.05) is 13.3 Å². The minimum Gasteiger partial charge on any atom is -0.508 e. The van der Waals surface area contributed by atoms with Crippen LogP contribution in [-0.2, 0) is 0 Å². The largest absolute Gasteiger partial charge is 0.508 e. The van der Waals surface area contributed by atoms with Gasteiger partial charge in [-0.15, -0.1) is 0 Å². The van der Waals surface area contributed by atoms with Gasteiger partial charge in [-0.05, 0) is 61.1 Å². The third-order valence-electron chi connectivity index (χ3n) is 5.99. The monoisotopic (exact) mass is 311 g/mol. The fourth-order valence-electron chi connectivity index (χ4n) is 4.67. The summed E-state index contributed by atoms with van der Waals surface area (Å²) < 4.78 is 0. The molecular formula is C19H25N3O. The van der Waals surface area contributed by atoms with Crippen molar-refractivity contribution >= 4 is 10.9 Å². The van der Waals surface area contributed by atoms with Crippen LogP contribution in [0.5, 0.6) is 5.75 Å². The van der Waals surface area contributed by atoms with Gasteiger partial charge in [-0.3, -0.25) is 9.88 Å². The average Bonchev–Trinajstić information content (AvgIpc) is 2.60. The summed E-state index contributed by atoms with van der Waals surface area (Å²) >= 11 is 0. The van der Waals surface area contributed by atoms with E-state index in [0.29, 0.717) is 6.04 Å². The number of hydrogen-bond donors (Lipinski definition) is 2. The van der Waals surface area contributed by atoms with Crippen molar-refractivity contribution in [1.82, 2.24) is 9.88 Å². The Bertz CT molecular complexity index is 717. The van der Waals surface area contributed by atoms with E-state index in [1.165, 1.54) is 32.4 Å². The molecule has 4 heteroatoms. The van der Waals surface area contributed by atoms with Crippen LogP contribution < -0.4 is 5.73 Å². The molecule has 4 unspecified atom stereocenters. The molecule has 5 atom stereocenters. The Morgan fingerprint density at radius 1 is 1.39 bits per heavy atom. The van der Waals surface area contributed by atoms with Crippen LogP contribution >= 0.6 is 0 Å². The predicted octanol–water partition coefficient (Wildman–Crippen LogP) is 3.06. The van der Waals surface area contributed by atoms with Crippen molar-refractivity contribution in [1.29, 1.82) is 0 Å². The van der Waals surface area contributed by atoms with Gasteiger partial charge in [0.25, 0.3) is 0 Å². The fourth-order valence-corrected chi connectivity index (χ4v) is 4.67. The van der Waals surface area contributed by atoms with Crippen LogP contribution in [0.1, 0.15) is 37.8 Å². The summed E-state index contributed by atoms with van der Waals surface area (Å²) in [7, 11) is 0. The second-order valence-electron chi connectivity index (χ2n) is 7.14. The number of phenolic OH excluding ortho intramolecular Hbond substituents is 1. The second kappa shape index (κ2) is 5.77. The zero-order valence-corrected chi connectivity index (χ0v) is 13.7. The summed E-state index contributed by atoms with van der Waals surface area (Å²) in [6.45, 7) is 4.67. The quantitative estimate of drug-likeness (QED) is 0.914. The maximum Gasteiger partial charge on any atom is 0.116 e. The minimum atomic E-state index is -0.0251. The SMILES string of the molecule is CCC1CN2CCC1C[C@H]2C(N)c1ccnc2ccc(O)cc12. The number of rotatable bonds is 3. The Morgan fingerprint density at radius 2 is 2.26 bits per heavy atom. The van der Waals surface area contributed by atoms with E-state index in [-0.39, 0.29) is 11.8 Å². The highest BCUT2D eigenvalue weighted by Crippen LogP contribution is 2.42. The minimum absolute atomic E-state index is 0.0251. The van der Waals surface area contributed by atoms with Crippen LogP contribution in [0.2, 0.25) is 0 Å². The van der Waals surface area contributed by atoms with E-state index >= 15 is 0 Å². The summed E-state index contributed by atoms with van der Waals surface area (Å²) in [5.41, 5.74) is 8.72. The molecular weight excluding hydrogens is 286 g/mol. The summed E-state index contributed by atoms with van der Waals surface area (Å²) in [5, 5.41) is 10.8. The van der Waals surface area contributed by atoms with Crippen LogP contribution in [0.3, 0.4) is 0 Å². The first kappa shape index (κ1) is 14.9. The van der Waals surface area contributed by atoms with Crippen molar-refractivity contribution in [2.75, 3.05) is 13.1 Å². The number of nitrogens with zero attached hydrogens (tertiary/aromatic N) is 2. The van der Waals surface area contributed by atoms with Crippen molar-refractivity contribution < 1.29 is 5.11 Å². The normalized spacial score (nSPS) is 31.4. The van der Waals surface area contributed by atoms with Crippen molar-refractivity contribution in [3.05, 3.63) is 36.0 Å². The molecule has 0 radical (unpaired) electrons. The number of pyridine rings is 1. The summed E-state index contributed by atoms with van der Waals surface area (Å²) in [5.74, 6) is 1.93. The van der Waals surface area contributed by atoms with Crippen LogP contribution in [0.4, 0.5) is 0 Å². The van der Waals surface area contributed by atoms with E-state index in [4.69, 9.17) is 5.73 Å². The highest BCUT2D eigenvalue weighted by molar-refractivity contribution is 5.83. The van der Waals surface area contributed by atoms with E-state index in [0.717, 1.165) is 28.3 Å². The molecule has 3 fully saturated rings. The van der Waals surface area contributed by atoms with Crippen molar-refractivity contribution in [3.63, 3.8) is 0 Å². The molecule has 23 heavy (non-hydrogen) atoms. The number of fused-ring (bicyclic) bond motifs is 4. The van der Waals surface area contributed by atoms with E-state index in [1.54, 1.807) is 12.1 Å². The molecule has 0 amide bonds. The maximum atomic E-state index is 9.84. The van der Waals surface area contributed by atoms with Gasteiger partial charge in [0.05, 0.1) is 5.52 Å². The predicted molar refractivity (Wildman–Crippen MR) is 92.2 cm³/mol. The number of hydrogen-bond acceptors (Lipinski definition) is 4. The summed E-state index contributed by atoms with van der Waals surface area (Å²) in [4.78, 5) is 6.99. The highest BCUT2D eigenvalue weighted by Gasteiger charge is 2.41. The molecule has 5 rings (SSSR count). The molecule has 4 heterocycles. The maximum absolute atomic E-state index is 9.84. The highest BCUT2D eigenvalue weighted by atomic mass is 16.3. The third-order valence-corrected chi connectivity index (χ3v) is 5.99. The van der Waals surface area contributed by atoms with Gasteiger partial charge in [0.1, 0.15) is 5.75 Å². The van der Waals surface area contributed by atoms with Gasteiger partial charge >= 0.3 is 0 Å². The standard InChI is InChI=1S/C19H25N3O/c1-2-12-11-22-8-6-13(12)9-18(22)19(20)15-5-7-21-17-4-3-14(23)10-16(15)17/h3-5,7,10,12-13,18-19,23H,2,6,8-9,11,20H2,1H3/t12?,13?,18-,19?/m0/s1. The Morgan fingerprint density at radius 3 is 3.00 bits per heavy atom. The van der Waals surface area contributed by atoms with E-state index in [9.17, 15) is 5.11 Å². The van der Waals surface area contributed by atoms with Crippen LogP contribution in [0, 0.1) is 11.8 Å². The number of phenols is 1. The topological polar surface area (TPSA) is 62.4 Å². The molecule has 3 N–H and O–H groups in total. The van der Waals surface area contributed by atoms with Gasteiger partial charge in [-0.2, -0.15) is 0 Å². The van der Waals surface area contributed by atoms with Gasteiger partial charge < -0.3 is 10.8 Å². The molecule has 4 nitrogen and oxygen atoms in total. The van der Waals surface area contributed by atoms with Crippen LogP contribution in [0.25, 0.3) is 10.9 Å². The first-order valence-electron chi connectivity index (χ1n) is 8.74. The second-order valence-corrected chi connectivity index (χ2v) is 7.14. The summed E-state index contributed by atoms with van der Waals surface area (Å²) in [6, 6.07) is 7.74. The van der Waals surface area contributed by atoms with Gasteiger partial charge in [0.15, 0.2) is 0 Å². The van der Waals surface area contributed by atoms with Crippen molar-refractivity contribution in [2.45, 2.75) is 38.3 Å². The first-order chi connectivity index (χ1) is 11.2. The smallest absolute Gasteiger partial charge is 0.116 e. The number of piperidine rings is 3. The number of aromatic nitrogens is 1. The molecule has 2 aromatic rings. The lowest BCUT2D eigenvalue weighted by molar-refractivity contribution is -0.0105. The Kier molecular flexibility index (Phi) is 3.74. The molecule has 1 aromatic carbocycles. The molecule has 3 aliphatic heterocycles. The van der Waals surface area contributed by atoms with E-state index < -0.39 is 0 Å². The van der Waals surface area contributed by atoms with E-state index in [1.807, 2.05) is 18.3 Å². The third kappa shape index (κ3) is 2.50. The Labute approximate surface area is 137 Å². The number of aromatic hydroxyl groups is 1. The van der Waals surface area contributed by atoms with E-state index in [2.05, 4.69) is 16.8 Å². The van der Waals surface area contributed by atoms with Gasteiger partial charge in [-0.25, -0.2) is 0 Å². The molecule has 0 saturated carbocycles. The van der Waals surface area contributed by atoms with Gasteiger partial charge in [0, 0.05) is 30.2 Å². The number of nitrogens with two attached hydrogens (primary N) is 1. The lowest BCUT2D eigenvalue weighted by Crippen LogP contribution is -2.56. The molecule has 3 aliphatic rings. The zero-order valence-electron chi connectivity index (χ0n) is 13.7. The average molecular weight is 311 g/mol. The van der Waals surface area contributed by atoms with Crippen LogP contribution in [-0.4, -0.2) is 34.1 Å². The van der Waals surface area contributed by atoms with Crippen molar-refractivity contribution in [2.24, 2.45) is 17.6 Å².